The van der Waals surface area contributed by atoms with Crippen LogP contribution < -0.4 is 10.6 Å². The van der Waals surface area contributed by atoms with Crippen molar-refractivity contribution in [3.05, 3.63) is 65.2 Å². The lowest BCUT2D eigenvalue weighted by molar-refractivity contribution is -0.126. The summed E-state index contributed by atoms with van der Waals surface area (Å²) in [5, 5.41) is 5.77. The van der Waals surface area contributed by atoms with Gasteiger partial charge < -0.3 is 15.5 Å². The van der Waals surface area contributed by atoms with E-state index in [1.165, 1.54) is 6.07 Å². The fraction of sp³-hybridized carbons (Fsp3) is 0.409. The number of halogens is 1. The van der Waals surface area contributed by atoms with Crippen molar-refractivity contribution >= 4 is 11.9 Å². The highest BCUT2D eigenvalue weighted by atomic mass is 19.1. The zero-order chi connectivity index (χ0) is 20.8. The van der Waals surface area contributed by atoms with Crippen LogP contribution in [0.5, 0.6) is 0 Å². The number of carbonyl (C=O) groups excluding carboxylic acids is 2. The first-order chi connectivity index (χ1) is 14.0. The third kappa shape index (κ3) is 5.31. The van der Waals surface area contributed by atoms with Gasteiger partial charge in [0.05, 0.1) is 5.92 Å². The van der Waals surface area contributed by atoms with Gasteiger partial charge in [-0.2, -0.15) is 0 Å². The Balaban J connectivity index is 1.74. The Morgan fingerprint density at radius 1 is 1.24 bits per heavy atom. The molecule has 2 atom stereocenters. The van der Waals surface area contributed by atoms with E-state index in [0.29, 0.717) is 38.2 Å². The minimum absolute atomic E-state index is 0.0280. The summed E-state index contributed by atoms with van der Waals surface area (Å²) in [5.41, 5.74) is 2.43. The number of urea groups is 1. The summed E-state index contributed by atoms with van der Waals surface area (Å²) in [6, 6.07) is 8.56. The van der Waals surface area contributed by atoms with E-state index in [1.54, 1.807) is 30.3 Å². The van der Waals surface area contributed by atoms with Gasteiger partial charge in [0, 0.05) is 44.5 Å². The summed E-state index contributed by atoms with van der Waals surface area (Å²) in [5.74, 6) is -0.708. The SMILES string of the molecule is CCNC(=O)N1C[C@@H](C(=O)NCc2cccnc2)C[C@@H](c2ccc(F)c(C)c2)C1. The highest BCUT2D eigenvalue weighted by Crippen LogP contribution is 2.31. The summed E-state index contributed by atoms with van der Waals surface area (Å²) in [4.78, 5) is 31.0. The van der Waals surface area contributed by atoms with Gasteiger partial charge in [0.25, 0.3) is 0 Å². The van der Waals surface area contributed by atoms with Crippen molar-refractivity contribution < 1.29 is 14.0 Å². The minimum Gasteiger partial charge on any atom is -0.352 e. The molecule has 3 amide bonds. The van der Waals surface area contributed by atoms with Crippen molar-refractivity contribution in [1.29, 1.82) is 0 Å². The second-order valence-electron chi connectivity index (χ2n) is 7.46. The zero-order valence-corrected chi connectivity index (χ0v) is 16.8. The highest BCUT2D eigenvalue weighted by Gasteiger charge is 2.34. The second kappa shape index (κ2) is 9.49. The molecule has 0 bridgehead atoms. The lowest BCUT2D eigenvalue weighted by Crippen LogP contribution is -2.51. The topological polar surface area (TPSA) is 74.3 Å². The maximum atomic E-state index is 13.7. The van der Waals surface area contributed by atoms with Crippen LogP contribution in [0, 0.1) is 18.7 Å². The molecule has 6 nitrogen and oxygen atoms in total. The van der Waals surface area contributed by atoms with Crippen molar-refractivity contribution in [3.63, 3.8) is 0 Å². The van der Waals surface area contributed by atoms with Gasteiger partial charge in [0.1, 0.15) is 5.82 Å². The molecule has 29 heavy (non-hydrogen) atoms. The van der Waals surface area contributed by atoms with Crippen LogP contribution in [0.2, 0.25) is 0 Å². The molecule has 1 aliphatic heterocycles. The molecule has 0 spiro atoms. The van der Waals surface area contributed by atoms with Crippen LogP contribution in [0.25, 0.3) is 0 Å². The Morgan fingerprint density at radius 2 is 2.07 bits per heavy atom. The smallest absolute Gasteiger partial charge is 0.317 e. The molecule has 1 aliphatic rings. The normalized spacial score (nSPS) is 18.9. The lowest BCUT2D eigenvalue weighted by Gasteiger charge is -2.37. The Bertz CT molecular complexity index is 859. The van der Waals surface area contributed by atoms with Crippen LogP contribution in [-0.4, -0.2) is 41.5 Å². The first-order valence-corrected chi connectivity index (χ1v) is 9.93. The number of benzene rings is 1. The Kier molecular flexibility index (Phi) is 6.80. The molecule has 0 unspecified atom stereocenters. The van der Waals surface area contributed by atoms with Crippen LogP contribution in [0.15, 0.2) is 42.7 Å². The molecule has 0 saturated carbocycles. The quantitative estimate of drug-likeness (QED) is 0.813. The third-order valence-electron chi connectivity index (χ3n) is 5.28. The summed E-state index contributed by atoms with van der Waals surface area (Å²) in [6.45, 7) is 5.37. The lowest BCUT2D eigenvalue weighted by atomic mass is 9.83. The largest absolute Gasteiger partial charge is 0.352 e. The molecule has 3 rings (SSSR count). The van der Waals surface area contributed by atoms with Crippen LogP contribution in [0.1, 0.15) is 36.0 Å². The third-order valence-corrected chi connectivity index (χ3v) is 5.28. The van der Waals surface area contributed by atoms with Gasteiger partial charge >= 0.3 is 6.03 Å². The first kappa shape index (κ1) is 20.8. The molecule has 2 heterocycles. The Morgan fingerprint density at radius 3 is 2.76 bits per heavy atom. The van der Waals surface area contributed by atoms with E-state index >= 15 is 0 Å². The molecule has 0 aliphatic carbocycles. The predicted molar refractivity (Wildman–Crippen MR) is 109 cm³/mol. The van der Waals surface area contributed by atoms with Crippen LogP contribution in [0.4, 0.5) is 9.18 Å². The molecule has 7 heteroatoms. The molecule has 1 aromatic heterocycles. The van der Waals surface area contributed by atoms with Gasteiger partial charge in [-0.05, 0) is 49.1 Å². The number of aromatic nitrogens is 1. The van der Waals surface area contributed by atoms with Crippen molar-refractivity contribution in [2.75, 3.05) is 19.6 Å². The van der Waals surface area contributed by atoms with E-state index in [9.17, 15) is 14.0 Å². The molecule has 1 aromatic carbocycles. The second-order valence-corrected chi connectivity index (χ2v) is 7.46. The molecule has 0 radical (unpaired) electrons. The average molecular weight is 398 g/mol. The van der Waals surface area contributed by atoms with Gasteiger partial charge in [-0.15, -0.1) is 0 Å². The molecular weight excluding hydrogens is 371 g/mol. The van der Waals surface area contributed by atoms with Crippen molar-refractivity contribution in [1.82, 2.24) is 20.5 Å². The number of carbonyl (C=O) groups is 2. The minimum atomic E-state index is -0.335. The standard InChI is InChI=1S/C22H27FN4O2/c1-3-25-22(29)27-13-18(17-6-7-20(23)15(2)9-17)10-19(14-27)21(28)26-12-16-5-4-8-24-11-16/h4-9,11,18-19H,3,10,12-14H2,1-2H3,(H,25,29)(H,26,28)/t18-,19+/m1/s1. The Labute approximate surface area is 170 Å². The Hall–Kier alpha value is -2.96. The number of amides is 3. The van der Waals surface area contributed by atoms with Crippen LogP contribution >= 0.6 is 0 Å². The number of nitrogens with zero attached hydrogens (tertiary/aromatic N) is 2. The number of rotatable bonds is 5. The van der Waals surface area contributed by atoms with Gasteiger partial charge in [0.2, 0.25) is 5.91 Å². The van der Waals surface area contributed by atoms with E-state index in [-0.39, 0.29) is 29.6 Å². The predicted octanol–water partition coefficient (Wildman–Crippen LogP) is 2.98. The van der Waals surface area contributed by atoms with Crippen molar-refractivity contribution in [2.45, 2.75) is 32.7 Å². The molecule has 2 N–H and O–H groups in total. The van der Waals surface area contributed by atoms with Gasteiger partial charge in [-0.25, -0.2) is 9.18 Å². The zero-order valence-electron chi connectivity index (χ0n) is 16.8. The summed E-state index contributed by atoms with van der Waals surface area (Å²) >= 11 is 0. The number of pyridine rings is 1. The van der Waals surface area contributed by atoms with E-state index in [1.807, 2.05) is 25.1 Å². The summed E-state index contributed by atoms with van der Waals surface area (Å²) < 4.78 is 13.7. The van der Waals surface area contributed by atoms with E-state index in [2.05, 4.69) is 15.6 Å². The van der Waals surface area contributed by atoms with Crippen molar-refractivity contribution in [3.8, 4) is 0 Å². The number of hydrogen-bond donors (Lipinski definition) is 2. The number of piperidine rings is 1. The van der Waals surface area contributed by atoms with Gasteiger partial charge in [-0.1, -0.05) is 18.2 Å². The van der Waals surface area contributed by atoms with E-state index in [0.717, 1.165) is 11.1 Å². The van der Waals surface area contributed by atoms with Gasteiger partial charge in [-0.3, -0.25) is 9.78 Å². The number of likely N-dealkylation sites (tertiary alicyclic amines) is 1. The molecule has 1 fully saturated rings. The summed E-state index contributed by atoms with van der Waals surface area (Å²) in [6.07, 6.45) is 4.01. The molecule has 2 aromatic rings. The fourth-order valence-corrected chi connectivity index (χ4v) is 3.72. The van der Waals surface area contributed by atoms with E-state index < -0.39 is 0 Å². The fourth-order valence-electron chi connectivity index (χ4n) is 3.72. The maximum absolute atomic E-state index is 13.7. The van der Waals surface area contributed by atoms with Crippen molar-refractivity contribution in [2.24, 2.45) is 5.92 Å². The molecule has 154 valence electrons. The molecular formula is C22H27FN4O2. The van der Waals surface area contributed by atoms with Crippen LogP contribution in [0.3, 0.4) is 0 Å². The van der Waals surface area contributed by atoms with Gasteiger partial charge in [0.15, 0.2) is 0 Å². The van der Waals surface area contributed by atoms with Crippen LogP contribution in [-0.2, 0) is 11.3 Å². The number of aryl methyl sites for hydroxylation is 1. The average Bonchev–Trinajstić information content (AvgIpc) is 2.74. The monoisotopic (exact) mass is 398 g/mol. The number of hydrogen-bond acceptors (Lipinski definition) is 3. The summed E-state index contributed by atoms with van der Waals surface area (Å²) in [7, 11) is 0. The highest BCUT2D eigenvalue weighted by molar-refractivity contribution is 5.81. The van der Waals surface area contributed by atoms with E-state index in [4.69, 9.17) is 0 Å². The molecule has 1 saturated heterocycles. The maximum Gasteiger partial charge on any atom is 0.317 e. The first-order valence-electron chi connectivity index (χ1n) is 9.93. The number of nitrogens with one attached hydrogen (secondary N) is 2.